The molecule has 1 saturated heterocycles. The lowest BCUT2D eigenvalue weighted by atomic mass is 10.1. The molecule has 1 atom stereocenters. The van der Waals surface area contributed by atoms with Crippen LogP contribution in [0.5, 0.6) is 0 Å². The number of hydrogen-bond donors (Lipinski definition) is 0. The van der Waals surface area contributed by atoms with Crippen molar-refractivity contribution in [2.75, 3.05) is 21.2 Å². The lowest BCUT2D eigenvalue weighted by molar-refractivity contribution is -0.678. The van der Waals surface area contributed by atoms with E-state index in [9.17, 15) is 14.4 Å². The predicted molar refractivity (Wildman–Crippen MR) is 78.2 cm³/mol. The second-order valence-corrected chi connectivity index (χ2v) is 5.61. The van der Waals surface area contributed by atoms with Crippen LogP contribution in [0.15, 0.2) is 4.99 Å². The Hall–Kier alpha value is -2.71. The second-order valence-electron chi connectivity index (χ2n) is 5.61. The average Bonchev–Trinajstić information content (AvgIpc) is 3.03. The van der Waals surface area contributed by atoms with Gasteiger partial charge in [-0.3, -0.25) is 14.6 Å². The normalized spacial score (nSPS) is 19.7. The Labute approximate surface area is 132 Å². The summed E-state index contributed by atoms with van der Waals surface area (Å²) in [5.41, 5.74) is 1.64. The van der Waals surface area contributed by atoms with Gasteiger partial charge in [0, 0.05) is 14.1 Å². The minimum absolute atomic E-state index is 0.00328. The molecule has 0 spiro atoms. The van der Waals surface area contributed by atoms with E-state index >= 15 is 0 Å². The highest BCUT2D eigenvalue weighted by Crippen LogP contribution is 2.34. The summed E-state index contributed by atoms with van der Waals surface area (Å²) in [6.07, 6.45) is 0. The molecule has 3 amide bonds. The molecule has 2 aliphatic heterocycles. The summed E-state index contributed by atoms with van der Waals surface area (Å²) < 4.78 is 8.17. The maximum absolute atomic E-state index is 12.6. The zero-order valence-corrected chi connectivity index (χ0v) is 13.7. The number of nitrogens with zero attached hydrogens (tertiary/aromatic N) is 5. The van der Waals surface area contributed by atoms with Gasteiger partial charge in [-0.1, -0.05) is 4.99 Å². The molecular weight excluding hydrogens is 302 g/mol. The molecule has 3 rings (SSSR count). The molecule has 1 aromatic heterocycles. The highest BCUT2D eigenvalue weighted by atomic mass is 16.5. The first-order valence-electron chi connectivity index (χ1n) is 7.11. The predicted octanol–water partition coefficient (Wildman–Crippen LogP) is -0.326. The first kappa shape index (κ1) is 15.2. The molecule has 0 saturated carbocycles. The molecule has 3 heterocycles. The summed E-state index contributed by atoms with van der Waals surface area (Å²) in [7, 11) is 4.35. The number of amides is 3. The van der Waals surface area contributed by atoms with Crippen LogP contribution < -0.4 is 4.57 Å². The van der Waals surface area contributed by atoms with E-state index in [0.29, 0.717) is 11.8 Å². The van der Waals surface area contributed by atoms with Crippen molar-refractivity contribution in [2.45, 2.75) is 26.4 Å². The van der Waals surface area contributed by atoms with Crippen LogP contribution in [0.3, 0.4) is 0 Å². The smallest absolute Gasteiger partial charge is 0.402 e. The van der Waals surface area contributed by atoms with Crippen LogP contribution >= 0.6 is 0 Å². The van der Waals surface area contributed by atoms with Gasteiger partial charge < -0.3 is 4.74 Å². The molecule has 9 nitrogen and oxygen atoms in total. The van der Waals surface area contributed by atoms with Gasteiger partial charge in [0.2, 0.25) is 11.9 Å². The number of methoxy groups -OCH3 is 1. The van der Waals surface area contributed by atoms with Crippen LogP contribution in [0, 0.1) is 13.8 Å². The summed E-state index contributed by atoms with van der Waals surface area (Å²) in [6, 6.07) is -1.11. The number of esters is 1. The summed E-state index contributed by atoms with van der Waals surface area (Å²) in [6.45, 7) is 3.70. The number of aromatic nitrogens is 2. The highest BCUT2D eigenvalue weighted by Gasteiger charge is 2.53. The van der Waals surface area contributed by atoms with Crippen LogP contribution in [0.2, 0.25) is 0 Å². The van der Waals surface area contributed by atoms with E-state index < -0.39 is 18.0 Å². The van der Waals surface area contributed by atoms with E-state index in [1.807, 2.05) is 13.8 Å². The summed E-state index contributed by atoms with van der Waals surface area (Å²) in [5.74, 6) is 0.0897. The van der Waals surface area contributed by atoms with Crippen LogP contribution in [-0.4, -0.2) is 59.3 Å². The van der Waals surface area contributed by atoms with Crippen LogP contribution in [0.4, 0.5) is 10.7 Å². The van der Waals surface area contributed by atoms with Crippen molar-refractivity contribution < 1.29 is 23.7 Å². The van der Waals surface area contributed by atoms with Gasteiger partial charge in [-0.15, -0.1) is 0 Å². The topological polar surface area (TPSA) is 88.1 Å². The highest BCUT2D eigenvalue weighted by molar-refractivity contribution is 6.20. The Bertz CT molecular complexity index is 779. The summed E-state index contributed by atoms with van der Waals surface area (Å²) >= 11 is 0. The van der Waals surface area contributed by atoms with Gasteiger partial charge in [0.15, 0.2) is 6.54 Å². The number of rotatable bonds is 2. The molecule has 0 bridgehead atoms. The Balaban J connectivity index is 2.17. The third-order valence-electron chi connectivity index (χ3n) is 4.46. The Morgan fingerprint density at radius 1 is 1.26 bits per heavy atom. The minimum Gasteiger partial charge on any atom is -0.467 e. The number of amidine groups is 1. The first-order valence-corrected chi connectivity index (χ1v) is 7.11. The molecule has 1 unspecified atom stereocenters. The Morgan fingerprint density at radius 3 is 2.52 bits per heavy atom. The van der Waals surface area contributed by atoms with Gasteiger partial charge in [-0.25, -0.2) is 18.7 Å². The number of likely N-dealkylation sites (N-methyl/N-ethyl adjacent to an activating group) is 2. The van der Waals surface area contributed by atoms with E-state index in [-0.39, 0.29) is 12.5 Å². The van der Waals surface area contributed by atoms with Crippen molar-refractivity contribution in [1.82, 2.24) is 14.4 Å². The molecule has 0 N–H and O–H groups in total. The molecule has 1 aromatic rings. The largest absolute Gasteiger partial charge is 0.467 e. The van der Waals surface area contributed by atoms with Crippen molar-refractivity contribution in [3.8, 4) is 0 Å². The van der Waals surface area contributed by atoms with Crippen LogP contribution in [0.1, 0.15) is 17.4 Å². The third kappa shape index (κ3) is 1.89. The maximum atomic E-state index is 12.6. The van der Waals surface area contributed by atoms with Gasteiger partial charge in [-0.2, -0.15) is 0 Å². The quantitative estimate of drug-likeness (QED) is 0.551. The van der Waals surface area contributed by atoms with Gasteiger partial charge in [0.05, 0.1) is 7.11 Å². The number of carbonyl (C=O) groups excluding carboxylic acids is 3. The second kappa shape index (κ2) is 4.90. The number of imide groups is 1. The van der Waals surface area contributed by atoms with Crippen molar-refractivity contribution in [2.24, 2.45) is 4.99 Å². The molecule has 0 radical (unpaired) electrons. The standard InChI is InChI=1S/C14H18N5O4/c1-7-8(2)19-10-11(16(3)14(22)17(4)12(10)21)15-13(19)18(7)6-9(20)23-5/h10H,6H2,1-5H3/q+1. The molecule has 0 aromatic carbocycles. The van der Waals surface area contributed by atoms with Crippen LogP contribution in [-0.2, 0) is 20.9 Å². The molecule has 9 heteroatoms. The fourth-order valence-corrected chi connectivity index (χ4v) is 2.97. The lowest BCUT2D eigenvalue weighted by Gasteiger charge is -2.30. The van der Waals surface area contributed by atoms with E-state index in [0.717, 1.165) is 16.3 Å². The van der Waals surface area contributed by atoms with E-state index in [4.69, 9.17) is 4.74 Å². The van der Waals surface area contributed by atoms with Gasteiger partial charge in [0.1, 0.15) is 11.4 Å². The monoisotopic (exact) mass is 320 g/mol. The molecular formula is C14H18N5O4+. The minimum atomic E-state index is -0.685. The summed E-state index contributed by atoms with van der Waals surface area (Å²) in [5, 5.41) is 0. The van der Waals surface area contributed by atoms with E-state index in [1.165, 1.54) is 19.1 Å². The number of imidazole rings is 1. The zero-order valence-electron chi connectivity index (χ0n) is 13.7. The SMILES string of the molecule is COC(=O)C[n+]1c(C)c(C)n2c1N=C1C2C(=O)N(C)C(=O)N1C. The molecule has 2 aliphatic rings. The van der Waals surface area contributed by atoms with Gasteiger partial charge in [0.25, 0.3) is 5.91 Å². The molecule has 0 aliphatic carbocycles. The molecule has 1 fully saturated rings. The zero-order chi connectivity index (χ0) is 17.0. The summed E-state index contributed by atoms with van der Waals surface area (Å²) in [4.78, 5) is 43.2. The van der Waals surface area contributed by atoms with E-state index in [2.05, 4.69) is 4.99 Å². The third-order valence-corrected chi connectivity index (χ3v) is 4.46. The van der Waals surface area contributed by atoms with Crippen molar-refractivity contribution in [1.29, 1.82) is 0 Å². The van der Waals surface area contributed by atoms with Crippen molar-refractivity contribution in [3.63, 3.8) is 0 Å². The number of urea groups is 1. The van der Waals surface area contributed by atoms with Crippen molar-refractivity contribution in [3.05, 3.63) is 11.4 Å². The van der Waals surface area contributed by atoms with Gasteiger partial charge >= 0.3 is 17.9 Å². The number of carbonyl (C=O) groups is 3. The average molecular weight is 320 g/mol. The Morgan fingerprint density at radius 2 is 1.91 bits per heavy atom. The molecule has 122 valence electrons. The van der Waals surface area contributed by atoms with Gasteiger partial charge in [-0.05, 0) is 13.8 Å². The first-order chi connectivity index (χ1) is 10.8. The maximum Gasteiger partial charge on any atom is 0.402 e. The number of fused-ring (bicyclic) bond motifs is 3. The number of aliphatic imine (C=N–C) groups is 1. The van der Waals surface area contributed by atoms with Crippen molar-refractivity contribution >= 4 is 29.7 Å². The Kier molecular flexibility index (Phi) is 3.24. The number of hydrogen-bond acceptors (Lipinski definition) is 5. The fraction of sp³-hybridized carbons (Fsp3) is 0.500. The number of ether oxygens (including phenoxy) is 1. The van der Waals surface area contributed by atoms with Crippen LogP contribution in [0.25, 0.3) is 0 Å². The fourth-order valence-electron chi connectivity index (χ4n) is 2.97. The lowest BCUT2D eigenvalue weighted by Crippen LogP contribution is -2.56. The molecule has 23 heavy (non-hydrogen) atoms. The van der Waals surface area contributed by atoms with E-state index in [1.54, 1.807) is 16.2 Å².